The standard InChI is InChI=1S/C10H9ClN2O3S/c1-17(14,15)8-4-2-3-6(11)10(8)7-5-9(12)16-13-7/h2-5H,12H2,1H3. The maximum atomic E-state index is 11.6. The van der Waals surface area contributed by atoms with E-state index in [1.165, 1.54) is 12.1 Å². The SMILES string of the molecule is CS(=O)(=O)c1cccc(Cl)c1-c1cc(N)on1. The highest BCUT2D eigenvalue weighted by Crippen LogP contribution is 2.33. The number of rotatable bonds is 2. The molecular weight excluding hydrogens is 264 g/mol. The van der Waals surface area contributed by atoms with Crippen LogP contribution >= 0.6 is 11.6 Å². The minimum atomic E-state index is -3.40. The summed E-state index contributed by atoms with van der Waals surface area (Å²) in [5.74, 6) is 0.0966. The average Bonchev–Trinajstić information content (AvgIpc) is 2.63. The second-order valence-corrected chi connectivity index (χ2v) is 5.89. The van der Waals surface area contributed by atoms with Gasteiger partial charge in [-0.1, -0.05) is 22.8 Å². The van der Waals surface area contributed by atoms with Gasteiger partial charge >= 0.3 is 0 Å². The highest BCUT2D eigenvalue weighted by molar-refractivity contribution is 7.90. The summed E-state index contributed by atoms with van der Waals surface area (Å²) in [6.07, 6.45) is 1.10. The normalized spacial score (nSPS) is 11.6. The van der Waals surface area contributed by atoms with E-state index in [1.807, 2.05) is 0 Å². The first-order valence-electron chi connectivity index (χ1n) is 4.61. The van der Waals surface area contributed by atoms with Crippen molar-refractivity contribution >= 4 is 27.3 Å². The molecule has 2 aromatic rings. The van der Waals surface area contributed by atoms with Crippen molar-refractivity contribution in [2.24, 2.45) is 0 Å². The molecule has 1 aromatic carbocycles. The number of benzene rings is 1. The molecule has 0 aliphatic carbocycles. The van der Waals surface area contributed by atoms with Crippen molar-refractivity contribution in [1.29, 1.82) is 0 Å². The van der Waals surface area contributed by atoms with Gasteiger partial charge in [-0.05, 0) is 12.1 Å². The first-order chi connectivity index (χ1) is 7.89. The van der Waals surface area contributed by atoms with Crippen molar-refractivity contribution in [2.45, 2.75) is 4.90 Å². The quantitative estimate of drug-likeness (QED) is 0.903. The molecule has 1 aromatic heterocycles. The number of hydrogen-bond acceptors (Lipinski definition) is 5. The molecule has 0 radical (unpaired) electrons. The van der Waals surface area contributed by atoms with Crippen LogP contribution in [-0.2, 0) is 9.84 Å². The minimum absolute atomic E-state index is 0.0956. The lowest BCUT2D eigenvalue weighted by molar-refractivity contribution is 0.439. The molecule has 7 heteroatoms. The van der Waals surface area contributed by atoms with Crippen molar-refractivity contribution < 1.29 is 12.9 Å². The Morgan fingerprint density at radius 3 is 2.65 bits per heavy atom. The molecule has 5 nitrogen and oxygen atoms in total. The number of anilines is 1. The van der Waals surface area contributed by atoms with Crippen LogP contribution in [0.2, 0.25) is 5.02 Å². The molecule has 0 aliphatic heterocycles. The number of sulfone groups is 1. The summed E-state index contributed by atoms with van der Waals surface area (Å²) in [6.45, 7) is 0. The van der Waals surface area contributed by atoms with E-state index in [2.05, 4.69) is 5.16 Å². The van der Waals surface area contributed by atoms with E-state index in [1.54, 1.807) is 12.1 Å². The predicted octanol–water partition coefficient (Wildman–Crippen LogP) is 1.98. The average molecular weight is 273 g/mol. The lowest BCUT2D eigenvalue weighted by Gasteiger charge is -2.06. The molecule has 0 amide bonds. The first kappa shape index (κ1) is 11.9. The highest BCUT2D eigenvalue weighted by atomic mass is 35.5. The molecule has 0 unspecified atom stereocenters. The number of halogens is 1. The molecule has 0 atom stereocenters. The van der Waals surface area contributed by atoms with Crippen LogP contribution in [0, 0.1) is 0 Å². The van der Waals surface area contributed by atoms with E-state index in [4.69, 9.17) is 21.9 Å². The molecule has 1 heterocycles. The first-order valence-corrected chi connectivity index (χ1v) is 6.87. The molecule has 0 aliphatic rings. The van der Waals surface area contributed by atoms with Crippen LogP contribution in [0.25, 0.3) is 11.3 Å². The molecule has 0 fully saturated rings. The number of nitrogens with zero attached hydrogens (tertiary/aromatic N) is 1. The molecule has 0 saturated carbocycles. The number of nitrogens with two attached hydrogens (primary N) is 1. The van der Waals surface area contributed by atoms with Crippen molar-refractivity contribution in [1.82, 2.24) is 5.16 Å². The maximum absolute atomic E-state index is 11.6. The van der Waals surface area contributed by atoms with Crippen molar-refractivity contribution in [3.63, 3.8) is 0 Å². The Hall–Kier alpha value is -1.53. The molecule has 2 rings (SSSR count). The topological polar surface area (TPSA) is 86.2 Å². The van der Waals surface area contributed by atoms with Gasteiger partial charge < -0.3 is 10.3 Å². The third kappa shape index (κ3) is 2.27. The molecule has 0 bridgehead atoms. The van der Waals surface area contributed by atoms with Gasteiger partial charge in [0.1, 0.15) is 5.69 Å². The minimum Gasteiger partial charge on any atom is -0.368 e. The Balaban J connectivity index is 2.76. The fraction of sp³-hybridized carbons (Fsp3) is 0.100. The molecule has 0 saturated heterocycles. The summed E-state index contributed by atoms with van der Waals surface area (Å²) >= 11 is 5.99. The fourth-order valence-electron chi connectivity index (χ4n) is 1.47. The summed E-state index contributed by atoms with van der Waals surface area (Å²) in [4.78, 5) is 0.0956. The second kappa shape index (κ2) is 4.05. The van der Waals surface area contributed by atoms with Crippen LogP contribution in [0.5, 0.6) is 0 Å². The Morgan fingerprint density at radius 1 is 1.41 bits per heavy atom. The van der Waals surface area contributed by atoms with E-state index in [-0.39, 0.29) is 15.8 Å². The van der Waals surface area contributed by atoms with E-state index >= 15 is 0 Å². The van der Waals surface area contributed by atoms with Gasteiger partial charge in [-0.25, -0.2) is 8.42 Å². The Morgan fingerprint density at radius 2 is 2.12 bits per heavy atom. The highest BCUT2D eigenvalue weighted by Gasteiger charge is 2.19. The summed E-state index contributed by atoms with van der Waals surface area (Å²) in [5, 5.41) is 3.95. The van der Waals surface area contributed by atoms with E-state index in [0.717, 1.165) is 6.26 Å². The summed E-state index contributed by atoms with van der Waals surface area (Å²) < 4.78 is 28.0. The molecule has 17 heavy (non-hydrogen) atoms. The maximum Gasteiger partial charge on any atom is 0.222 e. The van der Waals surface area contributed by atoms with Gasteiger partial charge in [-0.2, -0.15) is 0 Å². The van der Waals surface area contributed by atoms with E-state index < -0.39 is 9.84 Å². The van der Waals surface area contributed by atoms with Crippen LogP contribution in [-0.4, -0.2) is 19.8 Å². The molecule has 2 N–H and O–H groups in total. The summed E-state index contributed by atoms with van der Waals surface area (Å²) in [6, 6.07) is 6.03. The smallest absolute Gasteiger partial charge is 0.222 e. The lowest BCUT2D eigenvalue weighted by Crippen LogP contribution is -2.00. The molecular formula is C10H9ClN2O3S. The third-order valence-corrected chi connectivity index (χ3v) is 3.61. The summed E-state index contributed by atoms with van der Waals surface area (Å²) in [5.41, 5.74) is 6.01. The van der Waals surface area contributed by atoms with Crippen LogP contribution in [0.15, 0.2) is 33.7 Å². The monoisotopic (exact) mass is 272 g/mol. The number of aromatic nitrogens is 1. The Bertz CT molecular complexity index is 664. The molecule has 90 valence electrons. The van der Waals surface area contributed by atoms with Crippen LogP contribution < -0.4 is 5.73 Å². The van der Waals surface area contributed by atoms with E-state index in [9.17, 15) is 8.42 Å². The second-order valence-electron chi connectivity index (χ2n) is 3.50. The van der Waals surface area contributed by atoms with Gasteiger partial charge in [-0.15, -0.1) is 0 Å². The van der Waals surface area contributed by atoms with E-state index in [0.29, 0.717) is 11.3 Å². The van der Waals surface area contributed by atoms with Gasteiger partial charge in [-0.3, -0.25) is 0 Å². The van der Waals surface area contributed by atoms with Gasteiger partial charge in [0.25, 0.3) is 0 Å². The number of hydrogen-bond donors (Lipinski definition) is 1. The largest absolute Gasteiger partial charge is 0.368 e. The van der Waals surface area contributed by atoms with Crippen molar-refractivity contribution in [2.75, 3.05) is 12.0 Å². The zero-order chi connectivity index (χ0) is 12.6. The number of nitrogen functional groups attached to an aromatic ring is 1. The Labute approximate surface area is 103 Å². The molecule has 0 spiro atoms. The van der Waals surface area contributed by atoms with Crippen molar-refractivity contribution in [3.8, 4) is 11.3 Å². The van der Waals surface area contributed by atoms with Crippen LogP contribution in [0.3, 0.4) is 0 Å². The zero-order valence-corrected chi connectivity index (χ0v) is 10.4. The fourth-order valence-corrected chi connectivity index (χ4v) is 2.71. The summed E-state index contributed by atoms with van der Waals surface area (Å²) in [7, 11) is -3.40. The van der Waals surface area contributed by atoms with Gasteiger partial charge in [0.15, 0.2) is 9.84 Å². The van der Waals surface area contributed by atoms with Gasteiger partial charge in [0, 0.05) is 17.9 Å². The van der Waals surface area contributed by atoms with Crippen molar-refractivity contribution in [3.05, 3.63) is 29.3 Å². The Kier molecular flexibility index (Phi) is 2.84. The van der Waals surface area contributed by atoms with Crippen LogP contribution in [0.4, 0.5) is 5.88 Å². The zero-order valence-electron chi connectivity index (χ0n) is 8.84. The van der Waals surface area contributed by atoms with Crippen LogP contribution in [0.1, 0.15) is 0 Å². The lowest BCUT2D eigenvalue weighted by atomic mass is 10.1. The predicted molar refractivity (Wildman–Crippen MR) is 64.5 cm³/mol. The van der Waals surface area contributed by atoms with Gasteiger partial charge in [0.2, 0.25) is 5.88 Å². The van der Waals surface area contributed by atoms with Gasteiger partial charge in [0.05, 0.1) is 9.92 Å². The third-order valence-electron chi connectivity index (χ3n) is 2.16.